The smallest absolute Gasteiger partial charge is 0.134 e. The van der Waals surface area contributed by atoms with E-state index in [2.05, 4.69) is 28.5 Å². The van der Waals surface area contributed by atoms with Crippen molar-refractivity contribution in [2.24, 2.45) is 0 Å². The fourth-order valence-corrected chi connectivity index (χ4v) is 2.90. The van der Waals surface area contributed by atoms with Crippen LogP contribution in [0.1, 0.15) is 18.2 Å². The molecule has 0 saturated heterocycles. The van der Waals surface area contributed by atoms with Crippen LogP contribution < -0.4 is 0 Å². The maximum absolute atomic E-state index is 5.55. The Labute approximate surface area is 145 Å². The van der Waals surface area contributed by atoms with E-state index in [-0.39, 0.29) is 0 Å². The van der Waals surface area contributed by atoms with Crippen molar-refractivity contribution in [2.75, 3.05) is 0 Å². The molecule has 0 bridgehead atoms. The molecule has 1 aromatic carbocycles. The van der Waals surface area contributed by atoms with Gasteiger partial charge in [0.25, 0.3) is 0 Å². The number of hydrogen-bond acceptors (Lipinski definition) is 4. The number of benzene rings is 1. The van der Waals surface area contributed by atoms with Gasteiger partial charge in [-0.2, -0.15) is 5.10 Å². The molecule has 0 unspecified atom stereocenters. The minimum Gasteiger partial charge on any atom is -0.464 e. The Hall–Kier alpha value is -3.15. The summed E-state index contributed by atoms with van der Waals surface area (Å²) < 4.78 is 9.33. The molecule has 0 aliphatic rings. The second-order valence-corrected chi connectivity index (χ2v) is 5.92. The van der Waals surface area contributed by atoms with Crippen LogP contribution in [0.25, 0.3) is 22.6 Å². The van der Waals surface area contributed by atoms with Crippen LogP contribution >= 0.6 is 0 Å². The Morgan fingerprint density at radius 1 is 1.00 bits per heavy atom. The predicted octanol–water partition coefficient (Wildman–Crippen LogP) is 3.78. The Bertz CT molecular complexity index is 981. The van der Waals surface area contributed by atoms with Gasteiger partial charge in [0.2, 0.25) is 0 Å². The van der Waals surface area contributed by atoms with Gasteiger partial charge in [-0.3, -0.25) is 4.68 Å². The first-order valence-electron chi connectivity index (χ1n) is 8.31. The minimum atomic E-state index is 0.655. The molecular weight excluding hydrogens is 314 g/mol. The summed E-state index contributed by atoms with van der Waals surface area (Å²) in [4.78, 5) is 0. The number of rotatable bonds is 5. The van der Waals surface area contributed by atoms with Crippen LogP contribution in [0.2, 0.25) is 0 Å². The van der Waals surface area contributed by atoms with E-state index in [1.54, 1.807) is 6.26 Å². The Morgan fingerprint density at radius 2 is 1.84 bits per heavy atom. The molecule has 4 rings (SSSR count). The molecule has 0 fully saturated rings. The van der Waals surface area contributed by atoms with Gasteiger partial charge in [-0.05, 0) is 26.0 Å². The summed E-state index contributed by atoms with van der Waals surface area (Å²) in [6.07, 6.45) is 5.70. The standard InChI is InChI=1S/C19H19N5O/c1-3-23-11-15(14(2)21-23)12-24-13-18(20-22-24)16-7-4-5-8-17(16)19-9-6-10-25-19/h4-11,13H,3,12H2,1-2H3. The fraction of sp³-hybridized carbons (Fsp3) is 0.211. The highest BCUT2D eigenvalue weighted by atomic mass is 16.3. The van der Waals surface area contributed by atoms with Gasteiger partial charge in [0.05, 0.1) is 24.7 Å². The highest BCUT2D eigenvalue weighted by molar-refractivity contribution is 5.78. The van der Waals surface area contributed by atoms with Crippen molar-refractivity contribution in [2.45, 2.75) is 26.9 Å². The second-order valence-electron chi connectivity index (χ2n) is 5.92. The molecule has 0 aliphatic carbocycles. The maximum atomic E-state index is 5.55. The molecule has 3 aromatic heterocycles. The first-order chi connectivity index (χ1) is 12.2. The summed E-state index contributed by atoms with van der Waals surface area (Å²) in [7, 11) is 0. The minimum absolute atomic E-state index is 0.655. The van der Waals surface area contributed by atoms with Crippen LogP contribution in [0.3, 0.4) is 0 Å². The van der Waals surface area contributed by atoms with Gasteiger partial charge < -0.3 is 4.42 Å². The molecule has 0 N–H and O–H groups in total. The number of furan rings is 1. The molecule has 126 valence electrons. The molecule has 4 aromatic rings. The molecule has 3 heterocycles. The van der Waals surface area contributed by atoms with E-state index in [1.165, 1.54) is 0 Å². The summed E-state index contributed by atoms with van der Waals surface area (Å²) >= 11 is 0. The van der Waals surface area contributed by atoms with Gasteiger partial charge in [0.1, 0.15) is 11.5 Å². The van der Waals surface area contributed by atoms with Gasteiger partial charge in [-0.25, -0.2) is 4.68 Å². The maximum Gasteiger partial charge on any atom is 0.134 e. The molecule has 0 radical (unpaired) electrons. The molecule has 0 amide bonds. The third kappa shape index (κ3) is 2.98. The molecule has 0 atom stereocenters. The Morgan fingerprint density at radius 3 is 2.56 bits per heavy atom. The predicted molar refractivity (Wildman–Crippen MR) is 94.9 cm³/mol. The number of aryl methyl sites for hydroxylation is 2. The monoisotopic (exact) mass is 333 g/mol. The summed E-state index contributed by atoms with van der Waals surface area (Å²) in [5.41, 5.74) is 5.01. The first kappa shape index (κ1) is 15.4. The zero-order valence-electron chi connectivity index (χ0n) is 14.3. The molecule has 25 heavy (non-hydrogen) atoms. The summed E-state index contributed by atoms with van der Waals surface area (Å²) in [6, 6.07) is 11.9. The SMILES string of the molecule is CCn1cc(Cn2cc(-c3ccccc3-c3ccco3)nn2)c(C)n1. The summed E-state index contributed by atoms with van der Waals surface area (Å²) in [5, 5.41) is 13.1. The van der Waals surface area contributed by atoms with E-state index in [0.29, 0.717) is 6.54 Å². The topological polar surface area (TPSA) is 61.7 Å². The van der Waals surface area contributed by atoms with Crippen molar-refractivity contribution in [3.8, 4) is 22.6 Å². The highest BCUT2D eigenvalue weighted by Crippen LogP contribution is 2.30. The van der Waals surface area contributed by atoms with Crippen LogP contribution in [0.15, 0.2) is 59.5 Å². The lowest BCUT2D eigenvalue weighted by Gasteiger charge is -2.03. The Kier molecular flexibility index (Phi) is 3.93. The van der Waals surface area contributed by atoms with Gasteiger partial charge in [-0.1, -0.05) is 29.5 Å². The van der Waals surface area contributed by atoms with Crippen molar-refractivity contribution < 1.29 is 4.42 Å². The van der Waals surface area contributed by atoms with Crippen LogP contribution in [0, 0.1) is 6.92 Å². The van der Waals surface area contributed by atoms with E-state index in [4.69, 9.17) is 4.42 Å². The van der Waals surface area contributed by atoms with E-state index in [0.717, 1.165) is 40.4 Å². The summed E-state index contributed by atoms with van der Waals surface area (Å²) in [5.74, 6) is 0.824. The largest absolute Gasteiger partial charge is 0.464 e. The average molecular weight is 333 g/mol. The number of nitrogens with zero attached hydrogens (tertiary/aromatic N) is 5. The van der Waals surface area contributed by atoms with Crippen molar-refractivity contribution in [3.05, 3.63) is 66.3 Å². The average Bonchev–Trinajstić information content (AvgIpc) is 3.37. The van der Waals surface area contributed by atoms with Crippen LogP contribution in [0.4, 0.5) is 0 Å². The van der Waals surface area contributed by atoms with E-state index in [9.17, 15) is 0 Å². The Balaban J connectivity index is 1.65. The first-order valence-corrected chi connectivity index (χ1v) is 8.31. The summed E-state index contributed by atoms with van der Waals surface area (Å²) in [6.45, 7) is 5.61. The molecular formula is C19H19N5O. The normalized spacial score (nSPS) is 11.1. The fourth-order valence-electron chi connectivity index (χ4n) is 2.90. The molecule has 6 heteroatoms. The van der Waals surface area contributed by atoms with Crippen molar-refractivity contribution in [3.63, 3.8) is 0 Å². The third-order valence-electron chi connectivity index (χ3n) is 4.23. The second kappa shape index (κ2) is 6.39. The van der Waals surface area contributed by atoms with Crippen molar-refractivity contribution in [1.29, 1.82) is 0 Å². The molecule has 0 aliphatic heterocycles. The quantitative estimate of drug-likeness (QED) is 0.557. The van der Waals surface area contributed by atoms with Gasteiger partial charge in [0, 0.05) is 29.4 Å². The van der Waals surface area contributed by atoms with E-state index >= 15 is 0 Å². The van der Waals surface area contributed by atoms with Crippen LogP contribution in [-0.4, -0.2) is 24.8 Å². The third-order valence-corrected chi connectivity index (χ3v) is 4.23. The lowest BCUT2D eigenvalue weighted by atomic mass is 10.0. The zero-order chi connectivity index (χ0) is 17.2. The number of hydrogen-bond donors (Lipinski definition) is 0. The van der Waals surface area contributed by atoms with E-state index < -0.39 is 0 Å². The van der Waals surface area contributed by atoms with Gasteiger partial charge in [0.15, 0.2) is 0 Å². The van der Waals surface area contributed by atoms with Crippen LogP contribution in [0.5, 0.6) is 0 Å². The van der Waals surface area contributed by atoms with Crippen molar-refractivity contribution in [1.82, 2.24) is 24.8 Å². The zero-order valence-corrected chi connectivity index (χ0v) is 14.3. The lowest BCUT2D eigenvalue weighted by molar-refractivity contribution is 0.582. The van der Waals surface area contributed by atoms with Gasteiger partial charge >= 0.3 is 0 Å². The number of aromatic nitrogens is 5. The van der Waals surface area contributed by atoms with E-state index in [1.807, 2.05) is 58.9 Å². The van der Waals surface area contributed by atoms with Gasteiger partial charge in [-0.15, -0.1) is 5.10 Å². The van der Waals surface area contributed by atoms with Crippen LogP contribution in [-0.2, 0) is 13.1 Å². The highest BCUT2D eigenvalue weighted by Gasteiger charge is 2.13. The lowest BCUT2D eigenvalue weighted by Crippen LogP contribution is -2.00. The molecule has 0 saturated carbocycles. The molecule has 0 spiro atoms. The molecule has 6 nitrogen and oxygen atoms in total. The van der Waals surface area contributed by atoms with Crippen molar-refractivity contribution >= 4 is 0 Å².